The standard InChI is InChI=1S/C36H44N4.2C13H8NS.2C11H6F2N.C6H5NO2.3C5H8O2.4Ir.Pt/c1-9-21-22(10-2)30-18-32-25(13-5)26(14-6)34(39-32)20-36-28(16-8)27(15-7)35(40-36)19-33-24(12-4)23(11-3)31(38-33)17-29(21)37-30;1-2-7-12-10(5-1)9-13(15-12)11-6-3-4-8-14-11;1-2-6-10(7-3-1)13-14-11-8-4-5-9-12(11)15-13;2*12-8-4-5-9(10(13)7-8)11-3-1-2-6-14-11;8-6(9)5-3-1-2-4-7-5;3*1-4(6)3-5(2)7;;;;;/h17-20H,9-16H2,1-8H3;1-8H;1-6,8-9H;2*1-4,6-7H;1-4H,(H,8,9);3*3,6H,1-2H3;;;;;/q-2;4*-1;;;;;;;;;+2. The van der Waals surface area contributed by atoms with Gasteiger partial charge in [0.25, 0.3) is 0 Å². The number of aryl methyl sites for hydroxylation is 4. The molecule has 17 nitrogen and oxygen atoms in total. The number of aliphatic hydroxyl groups excluding tert-OH is 3. The summed E-state index contributed by atoms with van der Waals surface area (Å²) in [5.41, 5.74) is 23.6. The van der Waals surface area contributed by atoms with Crippen LogP contribution in [0.4, 0.5) is 17.6 Å². The van der Waals surface area contributed by atoms with Gasteiger partial charge in [0.15, 0.2) is 17.3 Å². The van der Waals surface area contributed by atoms with Crippen molar-refractivity contribution < 1.29 is 159 Å². The zero-order valence-corrected chi connectivity index (χ0v) is 89.1. The first kappa shape index (κ1) is 116. The number of nitrogens with zero attached hydrogens (tertiary/aromatic N) is 9. The van der Waals surface area contributed by atoms with E-state index in [1.165, 1.54) is 131 Å². The number of aromatic nitrogens is 9. The van der Waals surface area contributed by atoms with Crippen LogP contribution in [0.15, 0.2) is 254 Å². The molecule has 2 aliphatic heterocycles. The summed E-state index contributed by atoms with van der Waals surface area (Å²) in [5, 5.41) is 35.6. The normalized spacial score (nSPS) is 11.0. The topological polar surface area (TPSA) is 268 Å². The Morgan fingerprint density at radius 2 is 0.737 bits per heavy atom. The summed E-state index contributed by atoms with van der Waals surface area (Å²) in [6.07, 6.45) is 17.5. The smallest absolute Gasteiger partial charge is 0.657 e. The van der Waals surface area contributed by atoms with Gasteiger partial charge in [-0.25, -0.2) is 31.1 Å². The molecule has 5 aromatic carbocycles. The number of carboxylic acid groups (broad SMARTS) is 1. The molecule has 704 valence electrons. The zero-order chi connectivity index (χ0) is 92.9. The number of aromatic carboxylic acids is 1. The summed E-state index contributed by atoms with van der Waals surface area (Å²) < 4.78 is 54.1. The van der Waals surface area contributed by atoms with Crippen LogP contribution in [0.25, 0.3) is 108 Å². The number of ketones is 3. The summed E-state index contributed by atoms with van der Waals surface area (Å²) in [6, 6.07) is 69.7. The Morgan fingerprint density at radius 3 is 1.03 bits per heavy atom. The summed E-state index contributed by atoms with van der Waals surface area (Å²) in [4.78, 5) is 82.7. The third-order valence-corrected chi connectivity index (χ3v) is 21.1. The average Bonchev–Trinajstić information content (AvgIpc) is 1.61. The van der Waals surface area contributed by atoms with Gasteiger partial charge in [-0.3, -0.25) is 36.9 Å². The van der Waals surface area contributed by atoms with Crippen LogP contribution in [-0.4, -0.2) is 78.6 Å². The fourth-order valence-corrected chi connectivity index (χ4v) is 15.6. The Kier molecular flexibility index (Phi) is 52.3. The van der Waals surface area contributed by atoms with E-state index in [1.54, 1.807) is 83.6 Å². The van der Waals surface area contributed by atoms with E-state index in [4.69, 9.17) is 40.4 Å². The number of halogens is 4. The minimum atomic E-state index is -0.990. The molecule has 28 heteroatoms. The molecular formula is C105H101F4Ir4N9O8PtS2-4. The van der Waals surface area contributed by atoms with E-state index in [2.05, 4.69) is 153 Å². The molecule has 8 bridgehead atoms. The van der Waals surface area contributed by atoms with Crippen LogP contribution in [0, 0.1) is 47.5 Å². The van der Waals surface area contributed by atoms with Crippen molar-refractivity contribution in [2.24, 2.45) is 0 Å². The maximum absolute atomic E-state index is 13.2. The monoisotopic (exact) mass is 2720 g/mol. The molecule has 14 aromatic rings. The number of para-hydroxylation sites is 1. The Balaban J connectivity index is 0.000000415. The first-order chi connectivity index (χ1) is 61.5. The van der Waals surface area contributed by atoms with Gasteiger partial charge in [0, 0.05) is 162 Å². The molecule has 0 fully saturated rings. The fourth-order valence-electron chi connectivity index (χ4n) is 13.6. The third-order valence-electron chi connectivity index (χ3n) is 19.0. The van der Waals surface area contributed by atoms with Crippen LogP contribution in [0.3, 0.4) is 0 Å². The second kappa shape index (κ2) is 59.8. The van der Waals surface area contributed by atoms with Crippen molar-refractivity contribution in [3.8, 4) is 43.7 Å². The number of carbonyl (C=O) groups excluding carboxylic acids is 3. The third kappa shape index (κ3) is 35.2. The summed E-state index contributed by atoms with van der Waals surface area (Å²) in [5.74, 6) is -3.75. The molecule has 133 heavy (non-hydrogen) atoms. The van der Waals surface area contributed by atoms with Crippen LogP contribution in [0.2, 0.25) is 0 Å². The van der Waals surface area contributed by atoms with E-state index < -0.39 is 29.2 Å². The predicted octanol–water partition coefficient (Wildman–Crippen LogP) is 26.3. The average molecular weight is 2720 g/mol. The van der Waals surface area contributed by atoms with Crippen molar-refractivity contribution >= 4 is 111 Å². The Hall–Kier alpha value is -10.7. The Morgan fingerprint density at radius 1 is 0.383 bits per heavy atom. The molecule has 2 aliphatic rings. The van der Waals surface area contributed by atoms with Crippen LogP contribution >= 0.6 is 22.7 Å². The molecular weight excluding hydrogens is 2620 g/mol. The largest absolute Gasteiger partial charge is 2.00 e. The van der Waals surface area contributed by atoms with E-state index >= 15 is 0 Å². The molecule has 16 rings (SSSR count). The van der Waals surface area contributed by atoms with Gasteiger partial charge < -0.3 is 45.3 Å². The van der Waals surface area contributed by atoms with Gasteiger partial charge in [-0.15, -0.1) is 106 Å². The van der Waals surface area contributed by atoms with E-state index in [0.717, 1.165) is 147 Å². The van der Waals surface area contributed by atoms with Crippen LogP contribution < -0.4 is 9.97 Å². The van der Waals surface area contributed by atoms with Crippen LogP contribution in [-0.2, 0) is 142 Å². The van der Waals surface area contributed by atoms with E-state index in [1.807, 2.05) is 72.9 Å². The van der Waals surface area contributed by atoms with Gasteiger partial charge in [0.2, 0.25) is 0 Å². The van der Waals surface area contributed by atoms with E-state index in [9.17, 15) is 36.7 Å². The van der Waals surface area contributed by atoms with Gasteiger partial charge in [-0.2, -0.15) is 11.3 Å². The van der Waals surface area contributed by atoms with E-state index in [-0.39, 0.29) is 153 Å². The van der Waals surface area contributed by atoms with Gasteiger partial charge >= 0.3 is 27.0 Å². The number of aliphatic hydroxyl groups is 3. The van der Waals surface area contributed by atoms with Crippen molar-refractivity contribution in [1.29, 1.82) is 0 Å². The number of pyridine rings is 4. The molecule has 0 spiro atoms. The molecule has 11 heterocycles. The number of thiazole rings is 1. The molecule has 0 atom stereocenters. The quantitative estimate of drug-likeness (QED) is 0.0303. The molecule has 9 aromatic heterocycles. The van der Waals surface area contributed by atoms with Crippen molar-refractivity contribution in [2.45, 2.75) is 148 Å². The molecule has 0 saturated carbocycles. The number of carbonyl (C=O) groups is 4. The van der Waals surface area contributed by atoms with Crippen molar-refractivity contribution in [3.63, 3.8) is 0 Å². The van der Waals surface area contributed by atoms with Gasteiger partial charge in [-0.1, -0.05) is 192 Å². The number of thiophene rings is 1. The first-order valence-electron chi connectivity index (χ1n) is 41.7. The number of hydrogen-bond donors (Lipinski definition) is 4. The van der Waals surface area contributed by atoms with Crippen molar-refractivity contribution in [1.82, 2.24) is 44.9 Å². The number of fused-ring (bicyclic) bond motifs is 10. The number of hydrogen-bond acceptors (Lipinski definition) is 16. The zero-order valence-electron chi connectivity index (χ0n) is 75.6. The Bertz CT molecular complexity index is 5900. The predicted molar refractivity (Wildman–Crippen MR) is 508 cm³/mol. The maximum Gasteiger partial charge on any atom is 2.00 e. The fraction of sp³-hybridized carbons (Fsp3) is 0.210. The molecule has 0 amide bonds. The molecule has 0 aliphatic carbocycles. The maximum atomic E-state index is 13.2. The van der Waals surface area contributed by atoms with Crippen molar-refractivity contribution in [3.05, 3.63) is 353 Å². The van der Waals surface area contributed by atoms with Crippen molar-refractivity contribution in [2.75, 3.05) is 0 Å². The first-order valence-corrected chi connectivity index (χ1v) is 43.3. The number of allylic oxidation sites excluding steroid dienone is 10. The second-order valence-electron chi connectivity index (χ2n) is 28.5. The van der Waals surface area contributed by atoms with E-state index in [0.29, 0.717) is 11.4 Å². The molecule has 4 N–H and O–H groups in total. The molecule has 0 unspecified atom stereocenters. The van der Waals surface area contributed by atoms with Gasteiger partial charge in [0.05, 0.1) is 45.6 Å². The van der Waals surface area contributed by atoms with Crippen LogP contribution in [0.5, 0.6) is 0 Å². The number of benzene rings is 5. The minimum Gasteiger partial charge on any atom is -0.657 e. The van der Waals surface area contributed by atoms with Gasteiger partial charge in [0.1, 0.15) is 5.69 Å². The minimum absolute atomic E-state index is 0. The Labute approximate surface area is 851 Å². The summed E-state index contributed by atoms with van der Waals surface area (Å²) in [6.45, 7) is 26.5. The number of carboxylic acids is 1. The number of rotatable bonds is 16. The molecule has 0 saturated heterocycles. The second-order valence-corrected chi connectivity index (χ2v) is 30.6. The summed E-state index contributed by atoms with van der Waals surface area (Å²) >= 11 is 3.44. The summed E-state index contributed by atoms with van der Waals surface area (Å²) in [7, 11) is 0. The van der Waals surface area contributed by atoms with Gasteiger partial charge in [-0.05, 0) is 179 Å². The van der Waals surface area contributed by atoms with Crippen LogP contribution in [0.1, 0.15) is 178 Å². The molecule has 4 radical (unpaired) electrons. The SMILES string of the molecule is CC(=O)C=C(C)O.CC(=O)C=C(C)O.CC(=O)C=C(C)O.CCC1=C(CC)c2cc3[n-]c(cc4nc(cc5[n-]c(cc1n2)c(CC)c5CC)C(CC)=C4CC)c(CC)c3CC.Fc1c[c-]c(-c2ccccn2)c(F)c1.Fc1c[c-]c(-c2ccccn2)c(F)c1.O=C(O)c1ccccn1.[Ir].[Ir].[Ir].[Ir].[Pt+2].[c-]1c(-c2ccccn2)sc2ccccc12.[c-]1ccccc1-c1nc2ccccc2s1.